The summed E-state index contributed by atoms with van der Waals surface area (Å²) in [5.41, 5.74) is 5.93. The molecule has 0 aliphatic heterocycles. The summed E-state index contributed by atoms with van der Waals surface area (Å²) in [5.74, 6) is 3.22. The fourth-order valence-corrected chi connectivity index (χ4v) is 6.47. The fourth-order valence-electron chi connectivity index (χ4n) is 6.47. The summed E-state index contributed by atoms with van der Waals surface area (Å²) in [6, 6.07) is 2.34. The first-order chi connectivity index (χ1) is 12.1. The number of aryl methyl sites for hydroxylation is 1. The number of aliphatic hydroxyl groups is 1. The zero-order chi connectivity index (χ0) is 18.9. The van der Waals surface area contributed by atoms with Gasteiger partial charge in [0.05, 0.1) is 6.10 Å². The number of hydrogen-bond donors (Lipinski definition) is 1. The molecule has 2 heteroatoms. The van der Waals surface area contributed by atoms with E-state index >= 15 is 0 Å². The maximum atomic E-state index is 10.6. The van der Waals surface area contributed by atoms with Crippen LogP contribution in [0.5, 0.6) is 5.75 Å². The van der Waals surface area contributed by atoms with Crippen molar-refractivity contribution in [3.05, 3.63) is 28.3 Å². The summed E-state index contributed by atoms with van der Waals surface area (Å²) in [6.45, 7) is 13.3. The van der Waals surface area contributed by atoms with Crippen LogP contribution in [-0.4, -0.2) is 16.8 Å². The second kappa shape index (κ2) is 5.99. The molecule has 0 amide bonds. The van der Waals surface area contributed by atoms with Crippen LogP contribution in [0.1, 0.15) is 88.0 Å². The first kappa shape index (κ1) is 18.3. The highest BCUT2D eigenvalue weighted by atomic mass is 16.5. The third kappa shape index (κ3) is 2.71. The lowest BCUT2D eigenvalue weighted by molar-refractivity contribution is -0.0227. The first-order valence-electron chi connectivity index (χ1n) is 10.6. The van der Waals surface area contributed by atoms with Crippen LogP contribution in [0.4, 0.5) is 0 Å². The van der Waals surface area contributed by atoms with E-state index < -0.39 is 0 Å². The van der Waals surface area contributed by atoms with Gasteiger partial charge < -0.3 is 9.84 Å². The fraction of sp³-hybridized carbons (Fsp3) is 0.750. The van der Waals surface area contributed by atoms with Crippen LogP contribution in [0, 0.1) is 31.1 Å². The largest absolute Gasteiger partial charge is 0.488 e. The van der Waals surface area contributed by atoms with Crippen LogP contribution in [0.2, 0.25) is 0 Å². The molecule has 0 aromatic heterocycles. The third-order valence-corrected chi connectivity index (χ3v) is 7.91. The van der Waals surface area contributed by atoms with Crippen molar-refractivity contribution in [2.45, 2.75) is 97.7 Å². The molecule has 3 aliphatic carbocycles. The average Bonchev–Trinajstić information content (AvgIpc) is 2.86. The molecule has 4 rings (SSSR count). The minimum absolute atomic E-state index is 0.0831. The normalized spacial score (nSPS) is 36.3. The maximum Gasteiger partial charge on any atom is 0.123 e. The molecule has 0 bridgehead atoms. The molecule has 0 unspecified atom stereocenters. The summed E-state index contributed by atoms with van der Waals surface area (Å²) < 4.78 is 6.28. The zero-order valence-electron chi connectivity index (χ0n) is 17.5. The molecule has 1 aromatic carbocycles. The van der Waals surface area contributed by atoms with Gasteiger partial charge in [0, 0.05) is 0 Å². The SMILES string of the molecule is Cc1c(OC(C)(C)C)cc2c(c1C)[C@H]1CC[C@]3(C)[C@@H](O)CC[C@H]3[C@@H]1CC2. The van der Waals surface area contributed by atoms with Crippen molar-refractivity contribution in [1.29, 1.82) is 0 Å². The summed E-state index contributed by atoms with van der Waals surface area (Å²) >= 11 is 0. The highest BCUT2D eigenvalue weighted by molar-refractivity contribution is 5.52. The lowest BCUT2D eigenvalue weighted by Crippen LogP contribution is -2.44. The molecule has 2 nitrogen and oxygen atoms in total. The van der Waals surface area contributed by atoms with E-state index in [2.05, 4.69) is 47.6 Å². The summed E-state index contributed by atoms with van der Waals surface area (Å²) in [6.07, 6.45) is 7.01. The smallest absolute Gasteiger partial charge is 0.123 e. The van der Waals surface area contributed by atoms with Crippen LogP contribution < -0.4 is 4.74 Å². The van der Waals surface area contributed by atoms with Gasteiger partial charge in [-0.05, 0) is 125 Å². The van der Waals surface area contributed by atoms with Crippen LogP contribution in [0.25, 0.3) is 0 Å². The Kier molecular flexibility index (Phi) is 4.23. The average molecular weight is 357 g/mol. The van der Waals surface area contributed by atoms with E-state index in [0.717, 1.165) is 18.1 Å². The number of fused-ring (bicyclic) bond motifs is 5. The van der Waals surface area contributed by atoms with E-state index in [1.807, 2.05) is 0 Å². The number of ether oxygens (including phenoxy) is 1. The third-order valence-electron chi connectivity index (χ3n) is 7.91. The van der Waals surface area contributed by atoms with Gasteiger partial charge in [0.15, 0.2) is 0 Å². The molecule has 1 aromatic rings. The second-order valence-electron chi connectivity index (χ2n) is 10.5. The molecule has 5 atom stereocenters. The summed E-state index contributed by atoms with van der Waals surface area (Å²) in [4.78, 5) is 0. The van der Waals surface area contributed by atoms with Crippen molar-refractivity contribution in [2.24, 2.45) is 17.3 Å². The quantitative estimate of drug-likeness (QED) is 0.699. The van der Waals surface area contributed by atoms with E-state index in [0.29, 0.717) is 11.8 Å². The Hall–Kier alpha value is -1.02. The number of aliphatic hydroxyl groups excluding tert-OH is 1. The minimum atomic E-state index is -0.157. The highest BCUT2D eigenvalue weighted by Crippen LogP contribution is 2.61. The second-order valence-corrected chi connectivity index (χ2v) is 10.5. The van der Waals surface area contributed by atoms with E-state index in [9.17, 15) is 5.11 Å². The van der Waals surface area contributed by atoms with E-state index in [4.69, 9.17) is 4.74 Å². The molecule has 1 N–H and O–H groups in total. The van der Waals surface area contributed by atoms with Crippen LogP contribution in [-0.2, 0) is 6.42 Å². The Morgan fingerprint density at radius 1 is 1.08 bits per heavy atom. The zero-order valence-corrected chi connectivity index (χ0v) is 17.5. The van der Waals surface area contributed by atoms with Gasteiger partial charge in [-0.3, -0.25) is 0 Å². The molecule has 2 fully saturated rings. The molecule has 3 aliphatic rings. The Labute approximate surface area is 159 Å². The van der Waals surface area contributed by atoms with Crippen molar-refractivity contribution in [1.82, 2.24) is 0 Å². The molecule has 0 radical (unpaired) electrons. The van der Waals surface area contributed by atoms with Gasteiger partial charge in [0.25, 0.3) is 0 Å². The summed E-state index contributed by atoms with van der Waals surface area (Å²) in [5, 5.41) is 10.6. The van der Waals surface area contributed by atoms with E-state index in [1.54, 1.807) is 5.56 Å². The number of rotatable bonds is 1. The van der Waals surface area contributed by atoms with Gasteiger partial charge in [0.2, 0.25) is 0 Å². The molecule has 144 valence electrons. The molecule has 0 heterocycles. The topological polar surface area (TPSA) is 29.5 Å². The van der Waals surface area contributed by atoms with E-state index in [-0.39, 0.29) is 17.1 Å². The first-order valence-corrected chi connectivity index (χ1v) is 10.6. The Bertz CT molecular complexity index is 714. The molecule has 0 saturated heterocycles. The van der Waals surface area contributed by atoms with Crippen LogP contribution >= 0.6 is 0 Å². The molecule has 2 saturated carbocycles. The van der Waals surface area contributed by atoms with Gasteiger partial charge in [-0.15, -0.1) is 0 Å². The minimum Gasteiger partial charge on any atom is -0.488 e. The van der Waals surface area contributed by atoms with Crippen molar-refractivity contribution < 1.29 is 9.84 Å². The Balaban J connectivity index is 1.72. The van der Waals surface area contributed by atoms with Gasteiger partial charge >= 0.3 is 0 Å². The van der Waals surface area contributed by atoms with Crippen molar-refractivity contribution in [3.63, 3.8) is 0 Å². The lowest BCUT2D eigenvalue weighted by Gasteiger charge is -2.50. The monoisotopic (exact) mass is 356 g/mol. The predicted molar refractivity (Wildman–Crippen MR) is 107 cm³/mol. The van der Waals surface area contributed by atoms with E-state index in [1.165, 1.54) is 48.8 Å². The highest BCUT2D eigenvalue weighted by Gasteiger charge is 2.54. The van der Waals surface area contributed by atoms with Crippen molar-refractivity contribution in [3.8, 4) is 5.75 Å². The standard InChI is InChI=1S/C24H36O2/c1-14-15(2)22-16(13-20(14)26-23(3,4)5)7-8-17-18(22)11-12-24(6)19(17)9-10-21(24)25/h13,17-19,21,25H,7-12H2,1-6H3/t17-,18+,19+,21+,24+/m1/s1. The van der Waals surface area contributed by atoms with Crippen LogP contribution in [0.3, 0.4) is 0 Å². The van der Waals surface area contributed by atoms with Crippen molar-refractivity contribution >= 4 is 0 Å². The maximum absolute atomic E-state index is 10.6. The number of hydrogen-bond acceptors (Lipinski definition) is 2. The molecule has 26 heavy (non-hydrogen) atoms. The van der Waals surface area contributed by atoms with Gasteiger partial charge in [-0.2, -0.15) is 0 Å². The Morgan fingerprint density at radius 2 is 1.81 bits per heavy atom. The van der Waals surface area contributed by atoms with Gasteiger partial charge in [-0.25, -0.2) is 0 Å². The molecular weight excluding hydrogens is 320 g/mol. The number of benzene rings is 1. The Morgan fingerprint density at radius 3 is 2.50 bits per heavy atom. The van der Waals surface area contributed by atoms with Gasteiger partial charge in [-0.1, -0.05) is 6.92 Å². The predicted octanol–water partition coefficient (Wildman–Crippen LogP) is 5.70. The van der Waals surface area contributed by atoms with Crippen LogP contribution in [0.15, 0.2) is 6.07 Å². The summed E-state index contributed by atoms with van der Waals surface area (Å²) in [7, 11) is 0. The molecular formula is C24H36O2. The lowest BCUT2D eigenvalue weighted by atomic mass is 9.55. The van der Waals surface area contributed by atoms with Gasteiger partial charge in [0.1, 0.15) is 11.4 Å². The van der Waals surface area contributed by atoms with Crippen molar-refractivity contribution in [2.75, 3.05) is 0 Å². The molecule has 0 spiro atoms.